The first-order valence-electron chi connectivity index (χ1n) is 7.90. The SMILES string of the molecule is CCC(C)c1ccc(OCCn2cnc3ccccc32)cc1. The van der Waals surface area contributed by atoms with Crippen LogP contribution in [0.2, 0.25) is 0 Å². The minimum atomic E-state index is 0.603. The van der Waals surface area contributed by atoms with Crippen molar-refractivity contribution in [3.05, 3.63) is 60.4 Å². The molecular formula is C19H22N2O. The summed E-state index contributed by atoms with van der Waals surface area (Å²) in [7, 11) is 0. The van der Waals surface area contributed by atoms with Crippen molar-refractivity contribution in [2.75, 3.05) is 6.61 Å². The molecule has 0 amide bonds. The summed E-state index contributed by atoms with van der Waals surface area (Å²) in [6.07, 6.45) is 3.04. The van der Waals surface area contributed by atoms with E-state index in [0.717, 1.165) is 29.7 Å². The second-order valence-corrected chi connectivity index (χ2v) is 5.65. The molecule has 114 valence electrons. The van der Waals surface area contributed by atoms with E-state index in [1.165, 1.54) is 5.56 Å². The van der Waals surface area contributed by atoms with Crippen LogP contribution in [0.5, 0.6) is 5.75 Å². The molecule has 1 aromatic heterocycles. The number of ether oxygens (including phenoxy) is 1. The first kappa shape index (κ1) is 14.6. The molecule has 0 spiro atoms. The van der Waals surface area contributed by atoms with Crippen molar-refractivity contribution >= 4 is 11.0 Å². The lowest BCUT2D eigenvalue weighted by Gasteiger charge is -2.11. The van der Waals surface area contributed by atoms with Gasteiger partial charge in [-0.2, -0.15) is 0 Å². The van der Waals surface area contributed by atoms with Crippen LogP contribution in [-0.2, 0) is 6.54 Å². The molecule has 1 heterocycles. The Labute approximate surface area is 131 Å². The highest BCUT2D eigenvalue weighted by Gasteiger charge is 2.04. The number of rotatable bonds is 6. The van der Waals surface area contributed by atoms with E-state index in [4.69, 9.17) is 4.74 Å². The minimum Gasteiger partial charge on any atom is -0.492 e. The Kier molecular flexibility index (Phi) is 4.42. The summed E-state index contributed by atoms with van der Waals surface area (Å²) in [5.74, 6) is 1.53. The van der Waals surface area contributed by atoms with Gasteiger partial charge in [0, 0.05) is 0 Å². The molecule has 0 bridgehead atoms. The molecule has 3 rings (SSSR count). The number of nitrogens with zero attached hydrogens (tertiary/aromatic N) is 2. The average molecular weight is 294 g/mol. The Morgan fingerprint density at radius 3 is 2.64 bits per heavy atom. The van der Waals surface area contributed by atoms with Gasteiger partial charge in [-0.1, -0.05) is 38.1 Å². The second-order valence-electron chi connectivity index (χ2n) is 5.65. The lowest BCUT2D eigenvalue weighted by Crippen LogP contribution is -2.07. The van der Waals surface area contributed by atoms with E-state index in [1.807, 2.05) is 24.5 Å². The summed E-state index contributed by atoms with van der Waals surface area (Å²) < 4.78 is 7.98. The molecule has 0 saturated carbocycles. The van der Waals surface area contributed by atoms with Crippen LogP contribution in [0.25, 0.3) is 11.0 Å². The molecule has 0 N–H and O–H groups in total. The highest BCUT2D eigenvalue weighted by atomic mass is 16.5. The number of hydrogen-bond acceptors (Lipinski definition) is 2. The van der Waals surface area contributed by atoms with Crippen LogP contribution in [0.15, 0.2) is 54.9 Å². The lowest BCUT2D eigenvalue weighted by atomic mass is 9.99. The van der Waals surface area contributed by atoms with Crippen LogP contribution < -0.4 is 4.74 Å². The molecule has 3 aromatic rings. The fourth-order valence-corrected chi connectivity index (χ4v) is 2.58. The van der Waals surface area contributed by atoms with Gasteiger partial charge in [-0.3, -0.25) is 0 Å². The summed E-state index contributed by atoms with van der Waals surface area (Å²) in [4.78, 5) is 4.39. The standard InChI is InChI=1S/C19H22N2O/c1-3-15(2)16-8-10-17(11-9-16)22-13-12-21-14-20-18-6-4-5-7-19(18)21/h4-11,14-15H,3,12-13H2,1-2H3. The largest absolute Gasteiger partial charge is 0.492 e. The van der Waals surface area contributed by atoms with Gasteiger partial charge in [0.2, 0.25) is 0 Å². The van der Waals surface area contributed by atoms with E-state index in [0.29, 0.717) is 12.5 Å². The topological polar surface area (TPSA) is 27.1 Å². The Morgan fingerprint density at radius 1 is 1.09 bits per heavy atom. The third-order valence-electron chi connectivity index (χ3n) is 4.19. The van der Waals surface area contributed by atoms with Crippen molar-refractivity contribution in [1.29, 1.82) is 0 Å². The number of benzene rings is 2. The van der Waals surface area contributed by atoms with Crippen molar-refractivity contribution in [3.8, 4) is 5.75 Å². The van der Waals surface area contributed by atoms with E-state index in [-0.39, 0.29) is 0 Å². The Bertz CT molecular complexity index is 731. The Morgan fingerprint density at radius 2 is 1.86 bits per heavy atom. The fraction of sp³-hybridized carbons (Fsp3) is 0.316. The van der Waals surface area contributed by atoms with E-state index in [9.17, 15) is 0 Å². The van der Waals surface area contributed by atoms with Crippen molar-refractivity contribution in [2.24, 2.45) is 0 Å². The van der Waals surface area contributed by atoms with Gasteiger partial charge in [0.25, 0.3) is 0 Å². The molecule has 0 aliphatic carbocycles. The summed E-state index contributed by atoms with van der Waals surface area (Å²) in [5.41, 5.74) is 3.55. The van der Waals surface area contributed by atoms with Gasteiger partial charge in [-0.25, -0.2) is 4.98 Å². The molecule has 22 heavy (non-hydrogen) atoms. The third kappa shape index (κ3) is 3.14. The van der Waals surface area contributed by atoms with Crippen LogP contribution in [0.4, 0.5) is 0 Å². The molecule has 0 aliphatic heterocycles. The van der Waals surface area contributed by atoms with Gasteiger partial charge in [0.05, 0.1) is 23.9 Å². The number of fused-ring (bicyclic) bond motifs is 1. The number of imidazole rings is 1. The number of para-hydroxylation sites is 2. The van der Waals surface area contributed by atoms with E-state index in [1.54, 1.807) is 0 Å². The predicted octanol–water partition coefficient (Wildman–Crippen LogP) is 4.63. The smallest absolute Gasteiger partial charge is 0.119 e. The number of aromatic nitrogens is 2. The normalized spacial score (nSPS) is 12.5. The highest BCUT2D eigenvalue weighted by molar-refractivity contribution is 5.74. The maximum absolute atomic E-state index is 5.85. The summed E-state index contributed by atoms with van der Waals surface area (Å²) >= 11 is 0. The fourth-order valence-electron chi connectivity index (χ4n) is 2.58. The lowest BCUT2D eigenvalue weighted by molar-refractivity contribution is 0.300. The summed E-state index contributed by atoms with van der Waals surface area (Å²) in [6.45, 7) is 5.90. The molecule has 3 heteroatoms. The maximum atomic E-state index is 5.85. The van der Waals surface area contributed by atoms with Gasteiger partial charge in [-0.15, -0.1) is 0 Å². The van der Waals surface area contributed by atoms with Crippen LogP contribution in [-0.4, -0.2) is 16.2 Å². The predicted molar refractivity (Wildman–Crippen MR) is 90.4 cm³/mol. The van der Waals surface area contributed by atoms with Gasteiger partial charge in [0.1, 0.15) is 12.4 Å². The van der Waals surface area contributed by atoms with E-state index >= 15 is 0 Å². The van der Waals surface area contributed by atoms with Crippen LogP contribution in [0.3, 0.4) is 0 Å². The van der Waals surface area contributed by atoms with Crippen LogP contribution in [0.1, 0.15) is 31.7 Å². The molecular weight excluding hydrogens is 272 g/mol. The van der Waals surface area contributed by atoms with Crippen LogP contribution >= 0.6 is 0 Å². The maximum Gasteiger partial charge on any atom is 0.119 e. The minimum absolute atomic E-state index is 0.603. The van der Waals surface area contributed by atoms with Gasteiger partial charge in [-0.05, 0) is 42.2 Å². The zero-order chi connectivity index (χ0) is 15.4. The quantitative estimate of drug-likeness (QED) is 0.663. The highest BCUT2D eigenvalue weighted by Crippen LogP contribution is 2.21. The molecule has 1 atom stereocenters. The van der Waals surface area contributed by atoms with Gasteiger partial charge in [0.15, 0.2) is 0 Å². The monoisotopic (exact) mass is 294 g/mol. The summed E-state index contributed by atoms with van der Waals surface area (Å²) in [5, 5.41) is 0. The van der Waals surface area contributed by atoms with E-state index in [2.05, 4.69) is 53.7 Å². The Balaban J connectivity index is 1.59. The Hall–Kier alpha value is -2.29. The van der Waals surface area contributed by atoms with Crippen LogP contribution in [0, 0.1) is 0 Å². The third-order valence-corrected chi connectivity index (χ3v) is 4.19. The average Bonchev–Trinajstić information content (AvgIpc) is 2.98. The number of hydrogen-bond donors (Lipinski definition) is 0. The van der Waals surface area contributed by atoms with Crippen molar-refractivity contribution in [3.63, 3.8) is 0 Å². The second kappa shape index (κ2) is 6.65. The molecule has 0 fully saturated rings. The van der Waals surface area contributed by atoms with Crippen molar-refractivity contribution in [1.82, 2.24) is 9.55 Å². The zero-order valence-corrected chi connectivity index (χ0v) is 13.2. The van der Waals surface area contributed by atoms with Gasteiger partial charge >= 0.3 is 0 Å². The van der Waals surface area contributed by atoms with E-state index < -0.39 is 0 Å². The van der Waals surface area contributed by atoms with Gasteiger partial charge < -0.3 is 9.30 Å². The first-order chi connectivity index (χ1) is 10.8. The molecule has 1 unspecified atom stereocenters. The molecule has 2 aromatic carbocycles. The van der Waals surface area contributed by atoms with Crippen molar-refractivity contribution < 1.29 is 4.74 Å². The molecule has 0 saturated heterocycles. The molecule has 0 aliphatic rings. The zero-order valence-electron chi connectivity index (χ0n) is 13.2. The van der Waals surface area contributed by atoms with Crippen molar-refractivity contribution in [2.45, 2.75) is 32.7 Å². The molecule has 0 radical (unpaired) electrons. The summed E-state index contributed by atoms with van der Waals surface area (Å²) in [6, 6.07) is 16.6. The molecule has 3 nitrogen and oxygen atoms in total. The first-order valence-corrected chi connectivity index (χ1v) is 7.90.